The smallest absolute Gasteiger partial charge is 0.231 e. The molecule has 1 aromatic rings. The van der Waals surface area contributed by atoms with Crippen LogP contribution in [0.2, 0.25) is 10.0 Å². The summed E-state index contributed by atoms with van der Waals surface area (Å²) in [5.74, 6) is 0.619. The molecule has 110 valence electrons. The zero-order chi connectivity index (χ0) is 14.8. The summed E-state index contributed by atoms with van der Waals surface area (Å²) in [4.78, 5) is 12.6. The van der Waals surface area contributed by atoms with Crippen LogP contribution in [0.25, 0.3) is 0 Å². The Balaban J connectivity index is 2.16. The molecule has 3 nitrogen and oxygen atoms in total. The fraction of sp³-hybridized carbons (Fsp3) is 0.533. The lowest BCUT2D eigenvalue weighted by Gasteiger charge is -2.37. The average Bonchev–Trinajstić information content (AvgIpc) is 2.45. The number of rotatable bonds is 3. The number of halogens is 2. The van der Waals surface area contributed by atoms with E-state index >= 15 is 0 Å². The first-order chi connectivity index (χ1) is 9.48. The highest BCUT2D eigenvalue weighted by molar-refractivity contribution is 6.44. The minimum absolute atomic E-state index is 0.0453. The second-order valence-corrected chi connectivity index (χ2v) is 6.51. The molecule has 3 N–H and O–H groups in total. The Morgan fingerprint density at radius 2 is 2.05 bits per heavy atom. The van der Waals surface area contributed by atoms with Crippen molar-refractivity contribution >= 4 is 34.8 Å². The zero-order valence-corrected chi connectivity index (χ0v) is 13.1. The first-order valence-electron chi connectivity index (χ1n) is 6.94. The first-order valence-corrected chi connectivity index (χ1v) is 7.69. The van der Waals surface area contributed by atoms with Crippen molar-refractivity contribution in [2.45, 2.75) is 32.6 Å². The van der Waals surface area contributed by atoms with Crippen LogP contribution in [0.4, 0.5) is 5.69 Å². The largest absolute Gasteiger partial charge is 0.329 e. The van der Waals surface area contributed by atoms with Gasteiger partial charge in [-0.1, -0.05) is 36.2 Å². The normalized spacial score (nSPS) is 26.3. The van der Waals surface area contributed by atoms with Gasteiger partial charge in [0.05, 0.1) is 21.1 Å². The summed E-state index contributed by atoms with van der Waals surface area (Å²) in [5.41, 5.74) is 5.96. The molecule has 0 bridgehead atoms. The van der Waals surface area contributed by atoms with Gasteiger partial charge in [-0.15, -0.1) is 0 Å². The molecule has 1 amide bonds. The quantitative estimate of drug-likeness (QED) is 0.883. The van der Waals surface area contributed by atoms with E-state index in [1.54, 1.807) is 18.2 Å². The zero-order valence-electron chi connectivity index (χ0n) is 11.6. The number of nitrogens with two attached hydrogens (primary N) is 1. The summed E-state index contributed by atoms with van der Waals surface area (Å²) >= 11 is 12.1. The summed E-state index contributed by atoms with van der Waals surface area (Å²) in [7, 11) is 0. The van der Waals surface area contributed by atoms with Crippen molar-refractivity contribution in [2.75, 3.05) is 11.9 Å². The minimum atomic E-state index is -0.474. The van der Waals surface area contributed by atoms with Crippen LogP contribution in [0.5, 0.6) is 0 Å². The first kappa shape index (κ1) is 15.6. The number of carbonyl (C=O) groups is 1. The summed E-state index contributed by atoms with van der Waals surface area (Å²) in [5, 5.41) is 3.70. The van der Waals surface area contributed by atoms with Crippen molar-refractivity contribution in [3.63, 3.8) is 0 Å². The van der Waals surface area contributed by atoms with Gasteiger partial charge in [0.2, 0.25) is 5.91 Å². The van der Waals surface area contributed by atoms with Crippen LogP contribution < -0.4 is 11.1 Å². The topological polar surface area (TPSA) is 55.1 Å². The van der Waals surface area contributed by atoms with E-state index < -0.39 is 5.41 Å². The SMILES string of the molecule is CC1CCC(CN)(C(=O)Nc2cccc(Cl)c2Cl)CC1. The number of carbonyl (C=O) groups excluding carboxylic acids is 1. The number of nitrogens with one attached hydrogen (secondary N) is 1. The van der Waals surface area contributed by atoms with E-state index in [9.17, 15) is 4.79 Å². The van der Waals surface area contributed by atoms with Crippen LogP contribution in [0.15, 0.2) is 18.2 Å². The molecule has 5 heteroatoms. The van der Waals surface area contributed by atoms with Gasteiger partial charge in [-0.2, -0.15) is 0 Å². The Morgan fingerprint density at radius 3 is 2.65 bits per heavy atom. The highest BCUT2D eigenvalue weighted by Gasteiger charge is 2.40. The monoisotopic (exact) mass is 314 g/mol. The third kappa shape index (κ3) is 3.11. The molecule has 2 rings (SSSR count). The van der Waals surface area contributed by atoms with Gasteiger partial charge >= 0.3 is 0 Å². The predicted octanol–water partition coefficient (Wildman–Crippen LogP) is 4.09. The fourth-order valence-corrected chi connectivity index (χ4v) is 3.04. The van der Waals surface area contributed by atoms with Crippen LogP contribution in [0, 0.1) is 11.3 Å². The molecule has 0 heterocycles. The molecule has 0 unspecified atom stereocenters. The van der Waals surface area contributed by atoms with E-state index in [-0.39, 0.29) is 5.91 Å². The number of amides is 1. The Bertz CT molecular complexity index is 497. The van der Waals surface area contributed by atoms with Gasteiger partial charge in [0.25, 0.3) is 0 Å². The van der Waals surface area contributed by atoms with E-state index in [0.29, 0.717) is 28.2 Å². The average molecular weight is 315 g/mol. The standard InChI is InChI=1S/C15H20Cl2N2O/c1-10-5-7-15(9-18,8-6-10)14(20)19-12-4-2-3-11(16)13(12)17/h2-4,10H,5-9,18H2,1H3,(H,19,20). The maximum atomic E-state index is 12.6. The van der Waals surface area contributed by atoms with Crippen molar-refractivity contribution in [2.24, 2.45) is 17.1 Å². The summed E-state index contributed by atoms with van der Waals surface area (Å²) in [6, 6.07) is 5.21. The van der Waals surface area contributed by atoms with Gasteiger partial charge in [-0.3, -0.25) is 4.79 Å². The molecule has 0 radical (unpaired) electrons. The highest BCUT2D eigenvalue weighted by atomic mass is 35.5. The Labute approximate surface area is 129 Å². The van der Waals surface area contributed by atoms with Crippen molar-refractivity contribution < 1.29 is 4.79 Å². The van der Waals surface area contributed by atoms with Crippen LogP contribution in [-0.2, 0) is 4.79 Å². The van der Waals surface area contributed by atoms with Crippen LogP contribution in [0.1, 0.15) is 32.6 Å². The van der Waals surface area contributed by atoms with Crippen LogP contribution in [0.3, 0.4) is 0 Å². The Hall–Kier alpha value is -0.770. The van der Waals surface area contributed by atoms with Crippen molar-refractivity contribution in [1.29, 1.82) is 0 Å². The lowest BCUT2D eigenvalue weighted by atomic mass is 9.70. The lowest BCUT2D eigenvalue weighted by molar-refractivity contribution is -0.127. The van der Waals surface area contributed by atoms with Gasteiger partial charge in [-0.05, 0) is 43.7 Å². The van der Waals surface area contributed by atoms with Gasteiger partial charge in [0, 0.05) is 6.54 Å². The van der Waals surface area contributed by atoms with Gasteiger partial charge in [-0.25, -0.2) is 0 Å². The van der Waals surface area contributed by atoms with Crippen LogP contribution in [-0.4, -0.2) is 12.5 Å². The molecule has 0 saturated heterocycles. The fourth-order valence-electron chi connectivity index (χ4n) is 2.69. The maximum absolute atomic E-state index is 12.6. The third-order valence-corrected chi connectivity index (χ3v) is 5.12. The summed E-state index contributed by atoms with van der Waals surface area (Å²) < 4.78 is 0. The van der Waals surface area contributed by atoms with Crippen molar-refractivity contribution in [3.8, 4) is 0 Å². The Morgan fingerprint density at radius 1 is 1.40 bits per heavy atom. The number of hydrogen-bond donors (Lipinski definition) is 2. The van der Waals surface area contributed by atoms with Crippen molar-refractivity contribution in [3.05, 3.63) is 28.2 Å². The molecule has 20 heavy (non-hydrogen) atoms. The maximum Gasteiger partial charge on any atom is 0.231 e. The molecular weight excluding hydrogens is 295 g/mol. The van der Waals surface area contributed by atoms with Crippen LogP contribution >= 0.6 is 23.2 Å². The molecule has 0 aromatic heterocycles. The molecule has 1 aliphatic carbocycles. The molecule has 0 atom stereocenters. The molecule has 1 aliphatic rings. The van der Waals surface area contributed by atoms with Gasteiger partial charge < -0.3 is 11.1 Å². The molecule has 1 saturated carbocycles. The third-order valence-electron chi connectivity index (χ3n) is 4.30. The lowest BCUT2D eigenvalue weighted by Crippen LogP contribution is -2.44. The van der Waals surface area contributed by atoms with E-state index in [1.807, 2.05) is 0 Å². The predicted molar refractivity (Wildman–Crippen MR) is 84.2 cm³/mol. The van der Waals surface area contributed by atoms with E-state index in [0.717, 1.165) is 25.7 Å². The second-order valence-electron chi connectivity index (χ2n) is 5.72. The number of anilines is 1. The van der Waals surface area contributed by atoms with Gasteiger partial charge in [0.1, 0.15) is 0 Å². The van der Waals surface area contributed by atoms with E-state index in [4.69, 9.17) is 28.9 Å². The number of hydrogen-bond acceptors (Lipinski definition) is 2. The van der Waals surface area contributed by atoms with E-state index in [1.165, 1.54) is 0 Å². The summed E-state index contributed by atoms with van der Waals surface area (Å²) in [6.45, 7) is 2.58. The Kier molecular flexibility index (Phi) is 4.95. The number of benzene rings is 1. The highest BCUT2D eigenvalue weighted by Crippen LogP contribution is 2.40. The molecule has 0 aliphatic heterocycles. The summed E-state index contributed by atoms with van der Waals surface area (Å²) in [6.07, 6.45) is 3.73. The molecule has 0 spiro atoms. The molecular formula is C15H20Cl2N2O. The minimum Gasteiger partial charge on any atom is -0.329 e. The molecule has 1 aromatic carbocycles. The van der Waals surface area contributed by atoms with Crippen molar-refractivity contribution in [1.82, 2.24) is 0 Å². The second kappa shape index (κ2) is 6.33. The molecule has 1 fully saturated rings. The van der Waals surface area contributed by atoms with E-state index in [2.05, 4.69) is 12.2 Å². The van der Waals surface area contributed by atoms with Gasteiger partial charge in [0.15, 0.2) is 0 Å².